The number of hydrogen-bond acceptors (Lipinski definition) is 2. The lowest BCUT2D eigenvalue weighted by molar-refractivity contribution is -0.137. The SMILES string of the molecule is CCC(NC(=O)c1cccn1CC(=O)O)c1ccccc1. The molecular weight excluding hydrogens is 268 g/mol. The predicted molar refractivity (Wildman–Crippen MR) is 79.0 cm³/mol. The second-order valence-electron chi connectivity index (χ2n) is 4.76. The van der Waals surface area contributed by atoms with Crippen molar-refractivity contribution in [3.05, 3.63) is 59.9 Å². The van der Waals surface area contributed by atoms with Crippen LogP contribution in [0.2, 0.25) is 0 Å². The Balaban J connectivity index is 2.13. The highest BCUT2D eigenvalue weighted by Gasteiger charge is 2.17. The minimum atomic E-state index is -0.977. The largest absolute Gasteiger partial charge is 0.480 e. The van der Waals surface area contributed by atoms with E-state index in [1.165, 1.54) is 4.57 Å². The van der Waals surface area contributed by atoms with Gasteiger partial charge in [-0.25, -0.2) is 0 Å². The van der Waals surface area contributed by atoms with Gasteiger partial charge in [-0.1, -0.05) is 37.3 Å². The van der Waals surface area contributed by atoms with Gasteiger partial charge in [-0.2, -0.15) is 0 Å². The molecule has 5 heteroatoms. The summed E-state index contributed by atoms with van der Waals surface area (Å²) in [6.07, 6.45) is 2.35. The van der Waals surface area contributed by atoms with Crippen LogP contribution in [0.1, 0.15) is 35.4 Å². The van der Waals surface area contributed by atoms with Crippen LogP contribution in [0.15, 0.2) is 48.7 Å². The molecule has 21 heavy (non-hydrogen) atoms. The van der Waals surface area contributed by atoms with E-state index in [4.69, 9.17) is 5.11 Å². The van der Waals surface area contributed by atoms with Crippen LogP contribution in [-0.2, 0) is 11.3 Å². The molecule has 1 heterocycles. The first kappa shape index (κ1) is 14.8. The van der Waals surface area contributed by atoms with Crippen LogP contribution in [0.4, 0.5) is 0 Å². The van der Waals surface area contributed by atoms with E-state index in [1.807, 2.05) is 37.3 Å². The van der Waals surface area contributed by atoms with Crippen LogP contribution in [0.3, 0.4) is 0 Å². The smallest absolute Gasteiger partial charge is 0.323 e. The molecule has 0 aliphatic heterocycles. The van der Waals surface area contributed by atoms with Gasteiger partial charge in [-0.3, -0.25) is 9.59 Å². The standard InChI is InChI=1S/C16H18N2O3/c1-2-13(12-7-4-3-5-8-12)17-16(21)14-9-6-10-18(14)11-15(19)20/h3-10,13H,2,11H2,1H3,(H,17,21)(H,19,20). The number of hydrogen-bond donors (Lipinski definition) is 2. The molecule has 1 unspecified atom stereocenters. The Morgan fingerprint density at radius 1 is 1.19 bits per heavy atom. The zero-order chi connectivity index (χ0) is 15.2. The summed E-state index contributed by atoms with van der Waals surface area (Å²) < 4.78 is 1.43. The minimum absolute atomic E-state index is 0.0909. The zero-order valence-electron chi connectivity index (χ0n) is 11.8. The van der Waals surface area contributed by atoms with Crippen LogP contribution in [0.5, 0.6) is 0 Å². The molecule has 0 aliphatic carbocycles. The topological polar surface area (TPSA) is 71.3 Å². The van der Waals surface area contributed by atoms with E-state index >= 15 is 0 Å². The van der Waals surface area contributed by atoms with E-state index in [-0.39, 0.29) is 18.5 Å². The fourth-order valence-corrected chi connectivity index (χ4v) is 2.24. The van der Waals surface area contributed by atoms with Crippen LogP contribution in [0.25, 0.3) is 0 Å². The fourth-order valence-electron chi connectivity index (χ4n) is 2.24. The molecule has 1 aromatic heterocycles. The first-order valence-electron chi connectivity index (χ1n) is 6.84. The molecule has 2 aromatic rings. The van der Waals surface area contributed by atoms with E-state index in [9.17, 15) is 9.59 Å². The summed E-state index contributed by atoms with van der Waals surface area (Å²) in [7, 11) is 0. The number of nitrogens with one attached hydrogen (secondary N) is 1. The van der Waals surface area contributed by atoms with Gasteiger partial charge in [0, 0.05) is 6.20 Å². The molecule has 5 nitrogen and oxygen atoms in total. The van der Waals surface area contributed by atoms with E-state index in [1.54, 1.807) is 18.3 Å². The second-order valence-corrected chi connectivity index (χ2v) is 4.76. The lowest BCUT2D eigenvalue weighted by Gasteiger charge is -2.18. The number of nitrogens with zero attached hydrogens (tertiary/aromatic N) is 1. The molecule has 1 atom stereocenters. The third-order valence-electron chi connectivity index (χ3n) is 3.28. The Bertz CT molecular complexity index is 619. The minimum Gasteiger partial charge on any atom is -0.480 e. The Labute approximate surface area is 123 Å². The highest BCUT2D eigenvalue weighted by Crippen LogP contribution is 2.17. The number of carboxylic acids is 1. The zero-order valence-corrected chi connectivity index (χ0v) is 11.8. The third kappa shape index (κ3) is 3.72. The van der Waals surface area contributed by atoms with E-state index in [0.717, 1.165) is 12.0 Å². The van der Waals surface area contributed by atoms with Crippen molar-refractivity contribution in [2.75, 3.05) is 0 Å². The highest BCUT2D eigenvalue weighted by molar-refractivity contribution is 5.93. The van der Waals surface area contributed by atoms with Crippen molar-refractivity contribution in [2.45, 2.75) is 25.9 Å². The summed E-state index contributed by atoms with van der Waals surface area (Å²) in [6, 6.07) is 12.9. The molecule has 0 fully saturated rings. The summed E-state index contributed by atoms with van der Waals surface area (Å²) >= 11 is 0. The first-order valence-corrected chi connectivity index (χ1v) is 6.84. The lowest BCUT2D eigenvalue weighted by Crippen LogP contribution is -2.30. The molecule has 2 rings (SSSR count). The van der Waals surface area contributed by atoms with Gasteiger partial charge in [0.25, 0.3) is 5.91 Å². The van der Waals surface area contributed by atoms with Gasteiger partial charge in [-0.05, 0) is 24.1 Å². The molecule has 0 saturated carbocycles. The molecule has 1 aromatic carbocycles. The van der Waals surface area contributed by atoms with Crippen molar-refractivity contribution in [3.8, 4) is 0 Å². The Hall–Kier alpha value is -2.56. The van der Waals surface area contributed by atoms with Crippen LogP contribution < -0.4 is 5.32 Å². The van der Waals surface area contributed by atoms with Crippen molar-refractivity contribution in [3.63, 3.8) is 0 Å². The summed E-state index contributed by atoms with van der Waals surface area (Å²) in [6.45, 7) is 1.77. The number of aliphatic carboxylic acids is 1. The normalized spacial score (nSPS) is 11.9. The maximum atomic E-state index is 12.3. The molecule has 0 aliphatic rings. The Kier molecular flexibility index (Phi) is 4.77. The Morgan fingerprint density at radius 2 is 1.90 bits per heavy atom. The summed E-state index contributed by atoms with van der Waals surface area (Å²) in [5, 5.41) is 11.8. The fraction of sp³-hybridized carbons (Fsp3) is 0.250. The van der Waals surface area contributed by atoms with Gasteiger partial charge in [0.2, 0.25) is 0 Å². The molecule has 0 bridgehead atoms. The molecule has 1 amide bonds. The van der Waals surface area contributed by atoms with Gasteiger partial charge in [0.05, 0.1) is 6.04 Å². The van der Waals surface area contributed by atoms with Crippen molar-refractivity contribution >= 4 is 11.9 Å². The van der Waals surface area contributed by atoms with Crippen LogP contribution in [0, 0.1) is 0 Å². The van der Waals surface area contributed by atoms with Gasteiger partial charge in [-0.15, -0.1) is 0 Å². The van der Waals surface area contributed by atoms with Gasteiger partial charge < -0.3 is 15.0 Å². The van der Waals surface area contributed by atoms with E-state index in [2.05, 4.69) is 5.32 Å². The quantitative estimate of drug-likeness (QED) is 0.857. The highest BCUT2D eigenvalue weighted by atomic mass is 16.4. The predicted octanol–water partition coefficient (Wildman–Crippen LogP) is 2.45. The second kappa shape index (κ2) is 6.74. The molecule has 0 spiro atoms. The number of amides is 1. The number of benzene rings is 1. The van der Waals surface area contributed by atoms with Gasteiger partial charge >= 0.3 is 5.97 Å². The summed E-state index contributed by atoms with van der Waals surface area (Å²) in [5.74, 6) is -1.24. The van der Waals surface area contributed by atoms with Crippen LogP contribution >= 0.6 is 0 Å². The molecule has 2 N–H and O–H groups in total. The van der Waals surface area contributed by atoms with Gasteiger partial charge in [0.1, 0.15) is 12.2 Å². The molecule has 110 valence electrons. The molecule has 0 saturated heterocycles. The Morgan fingerprint density at radius 3 is 2.52 bits per heavy atom. The maximum Gasteiger partial charge on any atom is 0.323 e. The average molecular weight is 286 g/mol. The lowest BCUT2D eigenvalue weighted by atomic mass is 10.0. The van der Waals surface area contributed by atoms with Crippen LogP contribution in [-0.4, -0.2) is 21.6 Å². The third-order valence-corrected chi connectivity index (χ3v) is 3.28. The maximum absolute atomic E-state index is 12.3. The first-order chi connectivity index (χ1) is 10.1. The van der Waals surface area contributed by atoms with Crippen molar-refractivity contribution in [1.29, 1.82) is 0 Å². The van der Waals surface area contributed by atoms with E-state index < -0.39 is 5.97 Å². The summed E-state index contributed by atoms with van der Waals surface area (Å²) in [5.41, 5.74) is 1.39. The number of carbonyl (C=O) groups excluding carboxylic acids is 1. The number of rotatable bonds is 6. The molecular formula is C16H18N2O3. The average Bonchev–Trinajstić information content (AvgIpc) is 2.93. The van der Waals surface area contributed by atoms with Crippen molar-refractivity contribution in [2.24, 2.45) is 0 Å². The summed E-state index contributed by atoms with van der Waals surface area (Å²) in [4.78, 5) is 23.1. The van der Waals surface area contributed by atoms with Gasteiger partial charge in [0.15, 0.2) is 0 Å². The number of aromatic nitrogens is 1. The number of carbonyl (C=O) groups is 2. The van der Waals surface area contributed by atoms with E-state index in [0.29, 0.717) is 5.69 Å². The van der Waals surface area contributed by atoms with Crippen molar-refractivity contribution in [1.82, 2.24) is 9.88 Å². The number of carboxylic acid groups (broad SMARTS) is 1. The molecule has 0 radical (unpaired) electrons. The monoisotopic (exact) mass is 286 g/mol. The van der Waals surface area contributed by atoms with Crippen molar-refractivity contribution < 1.29 is 14.7 Å².